The van der Waals surface area contributed by atoms with Gasteiger partial charge in [-0.15, -0.1) is 0 Å². The van der Waals surface area contributed by atoms with Gasteiger partial charge in [0.2, 0.25) is 0 Å². The van der Waals surface area contributed by atoms with Crippen molar-refractivity contribution >= 4 is 35.9 Å². The number of carbonyl (C=O) groups is 1. The van der Waals surface area contributed by atoms with E-state index < -0.39 is 5.91 Å². The van der Waals surface area contributed by atoms with Gasteiger partial charge < -0.3 is 16.8 Å². The van der Waals surface area contributed by atoms with Crippen molar-refractivity contribution in [2.75, 3.05) is 13.1 Å². The van der Waals surface area contributed by atoms with Gasteiger partial charge in [0.25, 0.3) is 5.91 Å². The van der Waals surface area contributed by atoms with Crippen molar-refractivity contribution in [1.29, 1.82) is 0 Å². The molecular formula is C15H26ClN7O. The Bertz CT molecular complexity index is 562. The number of nitrogens with two attached hydrogens (primary N) is 2. The van der Waals surface area contributed by atoms with Crippen molar-refractivity contribution in [3.8, 4) is 0 Å². The van der Waals surface area contributed by atoms with Gasteiger partial charge in [0.15, 0.2) is 16.9 Å². The van der Waals surface area contributed by atoms with Crippen LogP contribution in [0.5, 0.6) is 0 Å². The number of hydrogen-bond acceptors (Lipinski definition) is 7. The maximum absolute atomic E-state index is 12.3. The Labute approximate surface area is 147 Å². The van der Waals surface area contributed by atoms with Crippen LogP contribution >= 0.6 is 11.6 Å². The molecule has 0 radical (unpaired) electrons. The number of nitrogens with zero attached hydrogens (tertiary/aromatic N) is 3. The topological polar surface area (TPSA) is 130 Å². The van der Waals surface area contributed by atoms with Crippen molar-refractivity contribution in [2.24, 2.45) is 26.4 Å². The van der Waals surface area contributed by atoms with E-state index in [0.29, 0.717) is 12.5 Å². The highest BCUT2D eigenvalue weighted by molar-refractivity contribution is 6.43. The summed E-state index contributed by atoms with van der Waals surface area (Å²) >= 11 is 5.85. The van der Waals surface area contributed by atoms with Gasteiger partial charge in [0.05, 0.1) is 12.1 Å². The SMILES string of the molecule is C=N/C(N)=C(Cl)\N=C(/CN)C(=O)NC1=NCC(CCC)(CCC)N1. The van der Waals surface area contributed by atoms with Gasteiger partial charge in [0.1, 0.15) is 5.71 Å². The molecule has 1 rings (SSSR count). The van der Waals surface area contributed by atoms with Gasteiger partial charge in [-0.3, -0.25) is 15.1 Å². The van der Waals surface area contributed by atoms with E-state index in [1.54, 1.807) is 0 Å². The molecule has 0 aliphatic carbocycles. The zero-order valence-electron chi connectivity index (χ0n) is 14.2. The lowest BCUT2D eigenvalue weighted by atomic mass is 9.89. The summed E-state index contributed by atoms with van der Waals surface area (Å²) in [7, 11) is 0. The average molecular weight is 356 g/mol. The van der Waals surface area contributed by atoms with Crippen molar-refractivity contribution in [2.45, 2.75) is 45.1 Å². The Morgan fingerprint density at radius 3 is 2.58 bits per heavy atom. The first-order valence-electron chi connectivity index (χ1n) is 7.95. The molecule has 0 bridgehead atoms. The molecule has 9 heteroatoms. The molecular weight excluding hydrogens is 330 g/mol. The average Bonchev–Trinajstić information content (AvgIpc) is 2.94. The van der Waals surface area contributed by atoms with E-state index >= 15 is 0 Å². The van der Waals surface area contributed by atoms with Gasteiger partial charge in [-0.2, -0.15) is 0 Å². The fourth-order valence-corrected chi connectivity index (χ4v) is 2.77. The van der Waals surface area contributed by atoms with Crippen LogP contribution < -0.4 is 22.1 Å². The molecule has 6 N–H and O–H groups in total. The highest BCUT2D eigenvalue weighted by atomic mass is 35.5. The minimum Gasteiger partial charge on any atom is -0.381 e. The van der Waals surface area contributed by atoms with Gasteiger partial charge >= 0.3 is 0 Å². The van der Waals surface area contributed by atoms with E-state index in [-0.39, 0.29) is 28.8 Å². The molecule has 0 unspecified atom stereocenters. The number of guanidine groups is 1. The van der Waals surface area contributed by atoms with Crippen molar-refractivity contribution in [1.82, 2.24) is 10.6 Å². The zero-order chi connectivity index (χ0) is 18.2. The van der Waals surface area contributed by atoms with E-state index in [0.717, 1.165) is 25.7 Å². The third kappa shape index (κ3) is 5.31. The number of nitrogens with one attached hydrogen (secondary N) is 2. The van der Waals surface area contributed by atoms with Crippen LogP contribution in [-0.4, -0.2) is 42.9 Å². The van der Waals surface area contributed by atoms with Crippen LogP contribution in [0.1, 0.15) is 39.5 Å². The van der Waals surface area contributed by atoms with Crippen molar-refractivity contribution < 1.29 is 4.79 Å². The number of halogens is 1. The number of carbonyl (C=O) groups excluding carboxylic acids is 1. The number of rotatable bonds is 8. The minimum atomic E-state index is -0.484. The Morgan fingerprint density at radius 2 is 2.08 bits per heavy atom. The molecule has 1 aliphatic rings. The molecule has 1 amide bonds. The van der Waals surface area contributed by atoms with Gasteiger partial charge in [-0.25, -0.2) is 9.98 Å². The third-order valence-corrected chi connectivity index (χ3v) is 3.96. The molecule has 0 fully saturated rings. The van der Waals surface area contributed by atoms with Crippen LogP contribution in [-0.2, 0) is 4.79 Å². The van der Waals surface area contributed by atoms with E-state index in [2.05, 4.69) is 46.2 Å². The smallest absolute Gasteiger partial charge is 0.273 e. The molecule has 0 aromatic rings. The number of amides is 1. The van der Waals surface area contributed by atoms with Crippen LogP contribution in [0.2, 0.25) is 0 Å². The molecule has 134 valence electrons. The van der Waals surface area contributed by atoms with Gasteiger partial charge in [-0.1, -0.05) is 38.3 Å². The summed E-state index contributed by atoms with van der Waals surface area (Å²) in [5, 5.41) is 5.88. The minimum absolute atomic E-state index is 0.0274. The molecule has 0 saturated carbocycles. The van der Waals surface area contributed by atoms with E-state index in [1.165, 1.54) is 0 Å². The summed E-state index contributed by atoms with van der Waals surface area (Å²) in [6.45, 7) is 8.03. The Morgan fingerprint density at radius 1 is 1.46 bits per heavy atom. The fourth-order valence-electron chi connectivity index (χ4n) is 2.61. The second kappa shape index (κ2) is 9.39. The summed E-state index contributed by atoms with van der Waals surface area (Å²) in [6, 6.07) is 0. The molecule has 8 nitrogen and oxygen atoms in total. The van der Waals surface area contributed by atoms with Crippen LogP contribution in [0.25, 0.3) is 0 Å². The first kappa shape index (κ1) is 20.1. The fraction of sp³-hybridized carbons (Fsp3) is 0.600. The van der Waals surface area contributed by atoms with Crippen LogP contribution in [0, 0.1) is 0 Å². The second-order valence-electron chi connectivity index (χ2n) is 5.62. The molecule has 0 saturated heterocycles. The Hall–Kier alpha value is -1.93. The van der Waals surface area contributed by atoms with Crippen LogP contribution in [0.3, 0.4) is 0 Å². The van der Waals surface area contributed by atoms with E-state index in [1.807, 2.05) is 0 Å². The maximum Gasteiger partial charge on any atom is 0.273 e. The Balaban J connectivity index is 2.80. The summed E-state index contributed by atoms with van der Waals surface area (Å²) in [5.74, 6) is -0.128. The number of hydrogen-bond donors (Lipinski definition) is 4. The summed E-state index contributed by atoms with van der Waals surface area (Å²) in [4.78, 5) is 24.0. The lowest BCUT2D eigenvalue weighted by Gasteiger charge is -2.29. The molecule has 0 aromatic carbocycles. The first-order valence-corrected chi connectivity index (χ1v) is 8.32. The molecule has 24 heavy (non-hydrogen) atoms. The summed E-state index contributed by atoms with van der Waals surface area (Å²) in [5.41, 5.74) is 11.0. The molecule has 0 atom stereocenters. The summed E-state index contributed by atoms with van der Waals surface area (Å²) in [6.07, 6.45) is 4.04. The highest BCUT2D eigenvalue weighted by Crippen LogP contribution is 2.23. The van der Waals surface area contributed by atoms with Crippen LogP contribution in [0.15, 0.2) is 26.0 Å². The highest BCUT2D eigenvalue weighted by Gasteiger charge is 2.34. The van der Waals surface area contributed by atoms with E-state index in [4.69, 9.17) is 23.1 Å². The van der Waals surface area contributed by atoms with Crippen molar-refractivity contribution in [3.05, 3.63) is 11.0 Å². The lowest BCUT2D eigenvalue weighted by molar-refractivity contribution is -0.113. The zero-order valence-corrected chi connectivity index (χ0v) is 15.0. The quantitative estimate of drug-likeness (QED) is 0.379. The van der Waals surface area contributed by atoms with Crippen LogP contribution in [0.4, 0.5) is 0 Å². The van der Waals surface area contributed by atoms with Crippen molar-refractivity contribution in [3.63, 3.8) is 0 Å². The van der Waals surface area contributed by atoms with Gasteiger partial charge in [-0.05, 0) is 19.6 Å². The maximum atomic E-state index is 12.3. The monoisotopic (exact) mass is 355 g/mol. The molecule has 0 aromatic heterocycles. The molecule has 1 heterocycles. The first-order chi connectivity index (χ1) is 11.4. The lowest BCUT2D eigenvalue weighted by Crippen LogP contribution is -2.52. The Kier molecular flexibility index (Phi) is 7.87. The molecule has 0 spiro atoms. The largest absolute Gasteiger partial charge is 0.381 e. The molecule has 1 aliphatic heterocycles. The van der Waals surface area contributed by atoms with E-state index in [9.17, 15) is 4.79 Å². The normalized spacial score (nSPS) is 17.7. The third-order valence-electron chi connectivity index (χ3n) is 3.68. The van der Waals surface area contributed by atoms with Gasteiger partial charge in [0, 0.05) is 6.54 Å². The predicted molar refractivity (Wildman–Crippen MR) is 99.2 cm³/mol. The standard InChI is InChI=1S/C15H26ClN7O/c1-4-6-15(7-5-2)9-20-14(23-15)22-13(24)10(8-17)21-11(16)12(18)19-3/h3-9,17-18H2,1-2H3,(H2,20,22,23,24)/b12-11-,21-10+. The second-order valence-corrected chi connectivity index (χ2v) is 5.98. The summed E-state index contributed by atoms with van der Waals surface area (Å²) < 4.78 is 0. The number of aliphatic imine (C=N–C) groups is 3. The predicted octanol–water partition coefficient (Wildman–Crippen LogP) is 0.825.